The summed E-state index contributed by atoms with van der Waals surface area (Å²) in [4.78, 5) is 24.4. The van der Waals surface area contributed by atoms with E-state index in [1.54, 1.807) is 17.5 Å². The molecule has 2 aromatic carbocycles. The Bertz CT molecular complexity index is 1180. The number of anilines is 1. The molecule has 4 aromatic rings. The molecule has 0 atom stereocenters. The lowest BCUT2D eigenvalue weighted by Crippen LogP contribution is -2.36. The van der Waals surface area contributed by atoms with E-state index in [1.165, 1.54) is 11.3 Å². The maximum atomic E-state index is 12.6. The van der Waals surface area contributed by atoms with Crippen LogP contribution in [0.4, 0.5) is 11.4 Å². The fourth-order valence-corrected chi connectivity index (χ4v) is 3.45. The van der Waals surface area contributed by atoms with Gasteiger partial charge in [0.25, 0.3) is 5.91 Å². The van der Waals surface area contributed by atoms with Crippen molar-refractivity contribution in [1.29, 1.82) is 0 Å². The lowest BCUT2D eigenvalue weighted by Gasteiger charge is -2.11. The zero-order valence-electron chi connectivity index (χ0n) is 14.9. The van der Waals surface area contributed by atoms with Gasteiger partial charge in [0, 0.05) is 33.9 Å². The molecule has 0 aliphatic carbocycles. The van der Waals surface area contributed by atoms with Gasteiger partial charge in [0.2, 0.25) is 5.96 Å². The third kappa shape index (κ3) is 4.21. The molecule has 0 fully saturated rings. The molecule has 140 valence electrons. The van der Waals surface area contributed by atoms with E-state index in [9.17, 15) is 4.79 Å². The van der Waals surface area contributed by atoms with Gasteiger partial charge < -0.3 is 10.3 Å². The van der Waals surface area contributed by atoms with Crippen LogP contribution in [-0.2, 0) is 0 Å². The summed E-state index contributed by atoms with van der Waals surface area (Å²) in [5.74, 6) is -0.0480. The molecule has 0 unspecified atom stereocenters. The van der Waals surface area contributed by atoms with Crippen LogP contribution < -0.4 is 10.6 Å². The molecule has 6 nitrogen and oxygen atoms in total. The van der Waals surface area contributed by atoms with E-state index in [4.69, 9.17) is 11.6 Å². The Labute approximate surface area is 170 Å². The van der Waals surface area contributed by atoms with Crippen molar-refractivity contribution in [2.45, 2.75) is 6.92 Å². The fourth-order valence-electron chi connectivity index (χ4n) is 2.67. The van der Waals surface area contributed by atoms with Crippen molar-refractivity contribution in [2.75, 3.05) is 5.32 Å². The van der Waals surface area contributed by atoms with Gasteiger partial charge in [-0.1, -0.05) is 23.7 Å². The van der Waals surface area contributed by atoms with E-state index in [0.717, 1.165) is 15.8 Å². The highest BCUT2D eigenvalue weighted by Crippen LogP contribution is 2.21. The number of amides is 1. The number of guanidine groups is 1. The second kappa shape index (κ2) is 7.84. The molecule has 0 radical (unpaired) electrons. The zero-order valence-corrected chi connectivity index (χ0v) is 16.4. The molecule has 0 aliphatic rings. The summed E-state index contributed by atoms with van der Waals surface area (Å²) in [6.45, 7) is 1.85. The Kier molecular flexibility index (Phi) is 5.10. The number of rotatable bonds is 3. The van der Waals surface area contributed by atoms with Gasteiger partial charge in [-0.25, -0.2) is 9.98 Å². The molecular weight excluding hydrogens is 394 g/mol. The van der Waals surface area contributed by atoms with Crippen molar-refractivity contribution in [3.8, 4) is 0 Å². The number of hydrogen-bond donors (Lipinski definition) is 3. The summed E-state index contributed by atoms with van der Waals surface area (Å²) < 4.78 is 0. The number of carbonyl (C=O) groups excluding carboxylic acids is 1. The van der Waals surface area contributed by atoms with Crippen LogP contribution in [-0.4, -0.2) is 21.8 Å². The van der Waals surface area contributed by atoms with Gasteiger partial charge in [-0.2, -0.15) is 0 Å². The number of nitrogens with zero attached hydrogens (tertiary/aromatic N) is 2. The first-order chi connectivity index (χ1) is 13.6. The van der Waals surface area contributed by atoms with E-state index in [-0.39, 0.29) is 11.9 Å². The largest absolute Gasteiger partial charge is 0.366 e. The van der Waals surface area contributed by atoms with Crippen LogP contribution in [0.15, 0.2) is 65.2 Å². The Balaban J connectivity index is 1.66. The van der Waals surface area contributed by atoms with Crippen molar-refractivity contribution >= 4 is 57.0 Å². The molecule has 0 aliphatic heterocycles. The standard InChI is InChI=1S/C20H16ClN5OS/c1-12-23-18(11-28-12)19(27)26-20(24-16-4-2-3-15(21)8-16)25-17-6-5-13-9-22-10-14(13)7-17/h2-11,22H,1H3,(H2,24,25,26,27). The first-order valence-electron chi connectivity index (χ1n) is 8.48. The number of aliphatic imine (C=N–C) groups is 1. The number of aryl methyl sites for hydroxylation is 1. The van der Waals surface area contributed by atoms with Gasteiger partial charge in [0.05, 0.1) is 10.7 Å². The number of benzene rings is 2. The van der Waals surface area contributed by atoms with E-state index in [1.807, 2.05) is 49.6 Å². The minimum absolute atomic E-state index is 0.285. The van der Waals surface area contributed by atoms with Crippen LogP contribution in [0.3, 0.4) is 0 Å². The average molecular weight is 410 g/mol. The van der Waals surface area contributed by atoms with Crippen LogP contribution in [0, 0.1) is 6.92 Å². The normalized spacial score (nSPS) is 11.6. The predicted molar refractivity (Wildman–Crippen MR) is 115 cm³/mol. The van der Waals surface area contributed by atoms with Gasteiger partial charge in [-0.3, -0.25) is 10.1 Å². The summed E-state index contributed by atoms with van der Waals surface area (Å²) in [6.07, 6.45) is 3.81. The minimum Gasteiger partial charge on any atom is -0.366 e. The first-order valence-corrected chi connectivity index (χ1v) is 9.74. The van der Waals surface area contributed by atoms with Crippen LogP contribution in [0.5, 0.6) is 0 Å². The molecule has 0 saturated carbocycles. The highest BCUT2D eigenvalue weighted by Gasteiger charge is 2.13. The summed E-state index contributed by atoms with van der Waals surface area (Å²) in [7, 11) is 0. The number of H-pyrrole nitrogens is 1. The number of halogens is 1. The van der Waals surface area contributed by atoms with Crippen LogP contribution in [0.2, 0.25) is 5.02 Å². The van der Waals surface area contributed by atoms with Gasteiger partial charge in [-0.05, 0) is 42.6 Å². The number of aromatic nitrogens is 2. The fraction of sp³-hybridized carbons (Fsp3) is 0.0500. The van der Waals surface area contributed by atoms with Crippen LogP contribution >= 0.6 is 22.9 Å². The molecule has 8 heteroatoms. The quantitative estimate of drug-likeness (QED) is 0.324. The summed E-state index contributed by atoms with van der Waals surface area (Å²) >= 11 is 7.49. The molecule has 4 rings (SSSR count). The molecule has 0 spiro atoms. The second-order valence-corrected chi connectivity index (χ2v) is 7.57. The average Bonchev–Trinajstić information content (AvgIpc) is 3.30. The first kappa shape index (κ1) is 18.2. The molecule has 28 heavy (non-hydrogen) atoms. The number of fused-ring (bicyclic) bond motifs is 1. The lowest BCUT2D eigenvalue weighted by molar-refractivity contribution is 0.0972. The van der Waals surface area contributed by atoms with Gasteiger partial charge in [0.15, 0.2) is 0 Å². The van der Waals surface area contributed by atoms with E-state index < -0.39 is 0 Å². The monoisotopic (exact) mass is 409 g/mol. The van der Waals surface area contributed by atoms with Crippen molar-refractivity contribution in [2.24, 2.45) is 4.99 Å². The molecule has 0 bridgehead atoms. The smallest absolute Gasteiger partial charge is 0.277 e. The molecule has 1 amide bonds. The molecule has 3 N–H and O–H groups in total. The van der Waals surface area contributed by atoms with Gasteiger partial charge >= 0.3 is 0 Å². The minimum atomic E-state index is -0.333. The number of thiazole rings is 1. The van der Waals surface area contributed by atoms with E-state index in [2.05, 4.69) is 25.6 Å². The van der Waals surface area contributed by atoms with Crippen molar-refractivity contribution in [3.05, 3.63) is 76.0 Å². The Morgan fingerprint density at radius 1 is 1.18 bits per heavy atom. The Morgan fingerprint density at radius 3 is 2.82 bits per heavy atom. The molecule has 2 aromatic heterocycles. The molecular formula is C20H16ClN5OS. The maximum Gasteiger partial charge on any atom is 0.277 e. The van der Waals surface area contributed by atoms with E-state index >= 15 is 0 Å². The summed E-state index contributed by atoms with van der Waals surface area (Å²) in [5.41, 5.74) is 1.76. The van der Waals surface area contributed by atoms with Gasteiger partial charge in [0.1, 0.15) is 5.69 Å². The van der Waals surface area contributed by atoms with Gasteiger partial charge in [-0.15, -0.1) is 11.3 Å². The number of carbonyl (C=O) groups is 1. The van der Waals surface area contributed by atoms with Crippen LogP contribution in [0.1, 0.15) is 15.5 Å². The highest BCUT2D eigenvalue weighted by atomic mass is 35.5. The lowest BCUT2D eigenvalue weighted by atomic mass is 10.2. The van der Waals surface area contributed by atoms with Crippen molar-refractivity contribution < 1.29 is 4.79 Å². The molecule has 2 heterocycles. The third-order valence-electron chi connectivity index (χ3n) is 3.96. The van der Waals surface area contributed by atoms with Crippen molar-refractivity contribution in [1.82, 2.24) is 15.3 Å². The summed E-state index contributed by atoms with van der Waals surface area (Å²) in [6, 6.07) is 13.0. The molecule has 0 saturated heterocycles. The second-order valence-electron chi connectivity index (χ2n) is 6.07. The number of aromatic amines is 1. The predicted octanol–water partition coefficient (Wildman–Crippen LogP) is 5.12. The number of nitrogens with one attached hydrogen (secondary N) is 3. The van der Waals surface area contributed by atoms with Crippen molar-refractivity contribution in [3.63, 3.8) is 0 Å². The Hall–Kier alpha value is -3.16. The third-order valence-corrected chi connectivity index (χ3v) is 4.97. The Morgan fingerprint density at radius 2 is 2.04 bits per heavy atom. The van der Waals surface area contributed by atoms with Crippen LogP contribution in [0.25, 0.3) is 10.8 Å². The summed E-state index contributed by atoms with van der Waals surface area (Å²) in [5, 5.41) is 11.2. The SMILES string of the molecule is Cc1nc(C(=O)NC(=Nc2ccc3c[nH]cc3c2)Nc2cccc(Cl)c2)cs1. The highest BCUT2D eigenvalue weighted by molar-refractivity contribution is 7.09. The van der Waals surface area contributed by atoms with E-state index in [0.29, 0.717) is 22.1 Å². The zero-order chi connectivity index (χ0) is 19.5. The topological polar surface area (TPSA) is 82.2 Å². The number of hydrogen-bond acceptors (Lipinski definition) is 4. The maximum absolute atomic E-state index is 12.6.